The number of hydrogen-bond acceptors (Lipinski definition) is 2. The Balaban J connectivity index is 2.79. The van der Waals surface area contributed by atoms with Gasteiger partial charge in [-0.2, -0.15) is 8.78 Å². The minimum absolute atomic E-state index is 0.0192. The molecule has 0 aliphatic rings. The van der Waals surface area contributed by atoms with Crippen molar-refractivity contribution in [1.29, 1.82) is 0 Å². The predicted molar refractivity (Wildman–Crippen MR) is 70.0 cm³/mol. The van der Waals surface area contributed by atoms with Crippen molar-refractivity contribution in [2.45, 2.75) is 20.0 Å². The molecule has 19 heavy (non-hydrogen) atoms. The first-order valence-electron chi connectivity index (χ1n) is 5.98. The summed E-state index contributed by atoms with van der Waals surface area (Å²) >= 11 is 5.59. The van der Waals surface area contributed by atoms with Crippen LogP contribution in [0.1, 0.15) is 23.7 Å². The van der Waals surface area contributed by atoms with Crippen molar-refractivity contribution >= 4 is 17.5 Å². The van der Waals surface area contributed by atoms with E-state index in [1.165, 1.54) is 18.2 Å². The van der Waals surface area contributed by atoms with Gasteiger partial charge in [0, 0.05) is 24.5 Å². The number of nitrogens with zero attached hydrogens (tertiary/aromatic N) is 1. The number of hydrogen-bond donors (Lipinski definition) is 0. The molecule has 1 aromatic carbocycles. The number of carbonyl (C=O) groups is 1. The molecule has 0 radical (unpaired) electrons. The molecule has 3 nitrogen and oxygen atoms in total. The van der Waals surface area contributed by atoms with E-state index in [2.05, 4.69) is 4.74 Å². The number of amides is 1. The van der Waals surface area contributed by atoms with Crippen LogP contribution in [-0.4, -0.2) is 36.4 Å². The molecule has 0 bridgehead atoms. The summed E-state index contributed by atoms with van der Waals surface area (Å²) in [6, 6.07) is 5.79. The Morgan fingerprint density at radius 2 is 2.21 bits per heavy atom. The Labute approximate surface area is 116 Å². The molecule has 0 atom stereocenters. The number of alkyl halides is 3. The first-order chi connectivity index (χ1) is 9.08. The summed E-state index contributed by atoms with van der Waals surface area (Å²) in [6.07, 6.45) is 0.689. The number of ether oxygens (including phenoxy) is 1. The van der Waals surface area contributed by atoms with Gasteiger partial charge >= 0.3 is 6.61 Å². The minimum atomic E-state index is -2.90. The molecule has 6 heteroatoms. The molecule has 1 amide bonds. The van der Waals surface area contributed by atoms with E-state index in [1.807, 2.05) is 6.92 Å². The van der Waals surface area contributed by atoms with E-state index in [0.717, 1.165) is 0 Å². The highest BCUT2D eigenvalue weighted by molar-refractivity contribution is 6.17. The third-order valence-corrected chi connectivity index (χ3v) is 2.80. The fraction of sp³-hybridized carbons (Fsp3) is 0.462. The molecule has 0 spiro atoms. The van der Waals surface area contributed by atoms with E-state index in [4.69, 9.17) is 11.6 Å². The fourth-order valence-corrected chi connectivity index (χ4v) is 1.76. The smallest absolute Gasteiger partial charge is 0.387 e. The van der Waals surface area contributed by atoms with Gasteiger partial charge < -0.3 is 9.64 Å². The molecule has 0 heterocycles. The SMILES string of the molecule is CCN(CCCCl)C(=O)c1cccc(OC(F)F)c1. The molecule has 106 valence electrons. The highest BCUT2D eigenvalue weighted by atomic mass is 35.5. The lowest BCUT2D eigenvalue weighted by molar-refractivity contribution is -0.0499. The van der Waals surface area contributed by atoms with Crippen LogP contribution in [0.15, 0.2) is 24.3 Å². The van der Waals surface area contributed by atoms with Crippen LogP contribution in [0.5, 0.6) is 5.75 Å². The van der Waals surface area contributed by atoms with Crippen LogP contribution in [0.4, 0.5) is 8.78 Å². The monoisotopic (exact) mass is 291 g/mol. The highest BCUT2D eigenvalue weighted by Gasteiger charge is 2.15. The Morgan fingerprint density at radius 3 is 2.79 bits per heavy atom. The Kier molecular flexibility index (Phi) is 6.56. The van der Waals surface area contributed by atoms with Crippen LogP contribution in [-0.2, 0) is 0 Å². The number of carbonyl (C=O) groups excluding carboxylic acids is 1. The molecule has 0 aliphatic carbocycles. The second-order valence-electron chi connectivity index (χ2n) is 3.83. The summed E-state index contributed by atoms with van der Waals surface area (Å²) < 4.78 is 28.5. The Hall–Kier alpha value is -1.36. The average molecular weight is 292 g/mol. The van der Waals surface area contributed by atoms with E-state index in [-0.39, 0.29) is 11.7 Å². The lowest BCUT2D eigenvalue weighted by Crippen LogP contribution is -2.32. The maximum Gasteiger partial charge on any atom is 0.387 e. The van der Waals surface area contributed by atoms with Gasteiger partial charge in [0.2, 0.25) is 0 Å². The molecule has 0 aliphatic heterocycles. The summed E-state index contributed by atoms with van der Waals surface area (Å²) in [7, 11) is 0. The Bertz CT molecular complexity index is 415. The molecule has 0 N–H and O–H groups in total. The van der Waals surface area contributed by atoms with Gasteiger partial charge in [-0.05, 0) is 31.5 Å². The third kappa shape index (κ3) is 5.03. The lowest BCUT2D eigenvalue weighted by Gasteiger charge is -2.20. The predicted octanol–water partition coefficient (Wildman–Crippen LogP) is 3.38. The molecule has 0 saturated carbocycles. The van der Waals surface area contributed by atoms with Gasteiger partial charge in [-0.25, -0.2) is 0 Å². The molecule has 1 rings (SSSR count). The first kappa shape index (κ1) is 15.7. The van der Waals surface area contributed by atoms with Gasteiger partial charge in [-0.3, -0.25) is 4.79 Å². The van der Waals surface area contributed by atoms with Crippen LogP contribution in [0, 0.1) is 0 Å². The molecular formula is C13H16ClF2NO2. The third-order valence-electron chi connectivity index (χ3n) is 2.54. The van der Waals surface area contributed by atoms with Crippen LogP contribution in [0.3, 0.4) is 0 Å². The first-order valence-corrected chi connectivity index (χ1v) is 6.52. The van der Waals surface area contributed by atoms with E-state index in [1.54, 1.807) is 11.0 Å². The molecule has 0 fully saturated rings. The van der Waals surface area contributed by atoms with Crippen LogP contribution in [0.2, 0.25) is 0 Å². The molecule has 0 aromatic heterocycles. The number of halogens is 3. The van der Waals surface area contributed by atoms with Crippen molar-refractivity contribution in [1.82, 2.24) is 4.90 Å². The van der Waals surface area contributed by atoms with Gasteiger partial charge in [-0.1, -0.05) is 6.07 Å². The van der Waals surface area contributed by atoms with Crippen molar-refractivity contribution in [3.63, 3.8) is 0 Å². The van der Waals surface area contributed by atoms with Crippen molar-refractivity contribution in [2.75, 3.05) is 19.0 Å². The average Bonchev–Trinajstić information content (AvgIpc) is 2.39. The highest BCUT2D eigenvalue weighted by Crippen LogP contribution is 2.17. The zero-order valence-electron chi connectivity index (χ0n) is 10.6. The normalized spacial score (nSPS) is 10.6. The zero-order chi connectivity index (χ0) is 14.3. The van der Waals surface area contributed by atoms with Crippen molar-refractivity contribution in [3.05, 3.63) is 29.8 Å². The van der Waals surface area contributed by atoms with E-state index >= 15 is 0 Å². The summed E-state index contributed by atoms with van der Waals surface area (Å²) in [4.78, 5) is 13.8. The fourth-order valence-electron chi connectivity index (χ4n) is 1.64. The second kappa shape index (κ2) is 7.94. The van der Waals surface area contributed by atoms with Crippen molar-refractivity contribution < 1.29 is 18.3 Å². The van der Waals surface area contributed by atoms with Crippen LogP contribution < -0.4 is 4.74 Å². The van der Waals surface area contributed by atoms with Gasteiger partial charge in [0.1, 0.15) is 5.75 Å². The van der Waals surface area contributed by atoms with Gasteiger partial charge in [-0.15, -0.1) is 11.6 Å². The molecule has 1 aromatic rings. The summed E-state index contributed by atoms with van der Waals surface area (Å²) in [5.41, 5.74) is 0.328. The standard InChI is InChI=1S/C13H16ClF2NO2/c1-2-17(8-4-7-14)12(18)10-5-3-6-11(9-10)19-13(15)16/h3,5-6,9,13H,2,4,7-8H2,1H3. The van der Waals surface area contributed by atoms with E-state index in [9.17, 15) is 13.6 Å². The number of benzene rings is 1. The topological polar surface area (TPSA) is 29.5 Å². The summed E-state index contributed by atoms with van der Waals surface area (Å²) in [6.45, 7) is 0.0314. The second-order valence-corrected chi connectivity index (χ2v) is 4.21. The van der Waals surface area contributed by atoms with Crippen LogP contribution >= 0.6 is 11.6 Å². The van der Waals surface area contributed by atoms with Gasteiger partial charge in [0.25, 0.3) is 5.91 Å². The largest absolute Gasteiger partial charge is 0.435 e. The zero-order valence-corrected chi connectivity index (χ0v) is 11.4. The van der Waals surface area contributed by atoms with E-state index < -0.39 is 6.61 Å². The maximum atomic E-state index is 12.2. The summed E-state index contributed by atoms with van der Waals surface area (Å²) in [5, 5.41) is 0. The van der Waals surface area contributed by atoms with Gasteiger partial charge in [0.05, 0.1) is 0 Å². The quantitative estimate of drug-likeness (QED) is 0.721. The molecular weight excluding hydrogens is 276 g/mol. The van der Waals surface area contributed by atoms with E-state index in [0.29, 0.717) is 31.0 Å². The molecule has 0 saturated heterocycles. The minimum Gasteiger partial charge on any atom is -0.435 e. The van der Waals surface area contributed by atoms with Crippen molar-refractivity contribution in [2.24, 2.45) is 0 Å². The number of rotatable bonds is 7. The molecule has 0 unspecified atom stereocenters. The Morgan fingerprint density at radius 1 is 1.47 bits per heavy atom. The summed E-state index contributed by atoms with van der Waals surface area (Å²) in [5.74, 6) is 0.236. The maximum absolute atomic E-state index is 12.2. The van der Waals surface area contributed by atoms with Crippen molar-refractivity contribution in [3.8, 4) is 5.75 Å². The van der Waals surface area contributed by atoms with Gasteiger partial charge in [0.15, 0.2) is 0 Å². The lowest BCUT2D eigenvalue weighted by atomic mass is 10.2. The van der Waals surface area contributed by atoms with Crippen LogP contribution in [0.25, 0.3) is 0 Å².